The summed E-state index contributed by atoms with van der Waals surface area (Å²) in [4.78, 5) is 27.9. The van der Waals surface area contributed by atoms with Gasteiger partial charge in [0.2, 0.25) is 5.88 Å². The van der Waals surface area contributed by atoms with Gasteiger partial charge in [0.15, 0.2) is 0 Å². The fourth-order valence-electron chi connectivity index (χ4n) is 6.33. The normalized spacial score (nSPS) is 17.4. The van der Waals surface area contributed by atoms with Crippen molar-refractivity contribution in [3.8, 4) is 5.88 Å². The molecule has 6 rings (SSSR count). The first kappa shape index (κ1) is 28.2. The molecule has 3 heterocycles. The molecule has 2 aliphatic rings. The third kappa shape index (κ3) is 5.15. The van der Waals surface area contributed by atoms with Gasteiger partial charge in [-0.25, -0.2) is 9.67 Å². The number of carboxylic acids is 1. The van der Waals surface area contributed by atoms with Gasteiger partial charge in [0.25, 0.3) is 6.47 Å². The molecule has 0 saturated carbocycles. The Labute approximate surface area is 238 Å². The van der Waals surface area contributed by atoms with Gasteiger partial charge in [-0.2, -0.15) is 0 Å². The number of aryl methyl sites for hydroxylation is 3. The monoisotopic (exact) mass is 557 g/mol. The second-order valence-electron chi connectivity index (χ2n) is 11.2. The van der Waals surface area contributed by atoms with E-state index in [1.807, 2.05) is 40.0 Å². The number of benzene rings is 2. The summed E-state index contributed by atoms with van der Waals surface area (Å²) >= 11 is 0. The van der Waals surface area contributed by atoms with Gasteiger partial charge in [-0.1, -0.05) is 35.5 Å². The first-order valence-corrected chi connectivity index (χ1v) is 13.7. The van der Waals surface area contributed by atoms with Crippen LogP contribution in [0.1, 0.15) is 65.6 Å². The van der Waals surface area contributed by atoms with Gasteiger partial charge in [0.1, 0.15) is 12.1 Å². The maximum atomic E-state index is 12.6. The Morgan fingerprint density at radius 1 is 1.20 bits per heavy atom. The predicted octanol–water partition coefficient (Wildman–Crippen LogP) is 4.50. The number of nitrogens with zero attached hydrogens (tertiary/aromatic N) is 5. The van der Waals surface area contributed by atoms with E-state index in [4.69, 9.17) is 14.6 Å². The molecule has 214 valence electrons. The lowest BCUT2D eigenvalue weighted by molar-refractivity contribution is -0.147. The number of fused-ring (bicyclic) bond motifs is 3. The zero-order chi connectivity index (χ0) is 29.3. The average Bonchev–Trinajstić information content (AvgIpc) is 3.47. The molecule has 2 N–H and O–H groups in total. The van der Waals surface area contributed by atoms with Gasteiger partial charge in [0, 0.05) is 43.9 Å². The van der Waals surface area contributed by atoms with Crippen LogP contribution in [0.15, 0.2) is 48.7 Å². The zero-order valence-corrected chi connectivity index (χ0v) is 23.7. The van der Waals surface area contributed by atoms with Crippen LogP contribution in [0, 0.1) is 12.3 Å². The van der Waals surface area contributed by atoms with Crippen molar-refractivity contribution >= 4 is 23.5 Å². The Hall–Kier alpha value is -4.31. The van der Waals surface area contributed by atoms with Gasteiger partial charge >= 0.3 is 5.97 Å². The van der Waals surface area contributed by atoms with Crippen LogP contribution in [-0.4, -0.2) is 60.7 Å². The van der Waals surface area contributed by atoms with Crippen LogP contribution in [0.3, 0.4) is 0 Å². The summed E-state index contributed by atoms with van der Waals surface area (Å²) in [6.07, 6.45) is 3.82. The Balaban J connectivity index is 0.00000108. The number of carbonyl (C=O) groups is 2. The molecule has 0 radical (unpaired) electrons. The number of rotatable bonds is 5. The lowest BCUT2D eigenvalue weighted by Gasteiger charge is -2.33. The van der Waals surface area contributed by atoms with Crippen molar-refractivity contribution in [1.29, 1.82) is 0 Å². The maximum absolute atomic E-state index is 12.6. The van der Waals surface area contributed by atoms with Crippen molar-refractivity contribution < 1.29 is 24.5 Å². The van der Waals surface area contributed by atoms with Crippen molar-refractivity contribution in [1.82, 2.24) is 24.9 Å². The molecule has 0 spiro atoms. The minimum atomic E-state index is -1.04. The summed E-state index contributed by atoms with van der Waals surface area (Å²) in [5.41, 5.74) is 7.41. The second kappa shape index (κ2) is 11.3. The number of hydrogen-bond acceptors (Lipinski definition) is 7. The fraction of sp³-hybridized carbons (Fsp3) is 0.387. The van der Waals surface area contributed by atoms with Crippen LogP contribution in [0.2, 0.25) is 0 Å². The fourth-order valence-corrected chi connectivity index (χ4v) is 6.33. The van der Waals surface area contributed by atoms with Crippen molar-refractivity contribution in [3.05, 3.63) is 82.0 Å². The number of aliphatic carboxylic acids is 1. The smallest absolute Gasteiger partial charge is 0.310 e. The van der Waals surface area contributed by atoms with Crippen molar-refractivity contribution in [3.63, 3.8) is 0 Å². The maximum Gasteiger partial charge on any atom is 0.310 e. The summed E-state index contributed by atoms with van der Waals surface area (Å²) in [6, 6.07) is 14.9. The molecular weight excluding hydrogens is 522 g/mol. The third-order valence-corrected chi connectivity index (χ3v) is 8.49. The second-order valence-corrected chi connectivity index (χ2v) is 11.2. The van der Waals surface area contributed by atoms with Crippen LogP contribution >= 0.6 is 0 Å². The highest BCUT2D eigenvalue weighted by atomic mass is 16.5. The molecule has 0 bridgehead atoms. The van der Waals surface area contributed by atoms with E-state index in [1.54, 1.807) is 10.9 Å². The molecule has 41 heavy (non-hydrogen) atoms. The van der Waals surface area contributed by atoms with Crippen LogP contribution < -0.4 is 4.74 Å². The minimum absolute atomic E-state index is 0.247. The first-order chi connectivity index (χ1) is 19.7. The van der Waals surface area contributed by atoms with Gasteiger partial charge in [-0.15, -0.1) is 5.10 Å². The Morgan fingerprint density at radius 2 is 1.98 bits per heavy atom. The number of carboxylic acid groups (broad SMARTS) is 2. The minimum Gasteiger partial charge on any atom is -0.483 e. The summed E-state index contributed by atoms with van der Waals surface area (Å²) in [7, 11) is 1.87. The highest BCUT2D eigenvalue weighted by Gasteiger charge is 2.41. The molecule has 2 atom stereocenters. The van der Waals surface area contributed by atoms with E-state index in [0.717, 1.165) is 65.1 Å². The van der Waals surface area contributed by atoms with E-state index in [-0.39, 0.29) is 18.4 Å². The van der Waals surface area contributed by atoms with E-state index in [1.165, 1.54) is 11.1 Å². The molecule has 0 amide bonds. The molecule has 10 nitrogen and oxygen atoms in total. The number of ether oxygens (including phenoxy) is 1. The summed E-state index contributed by atoms with van der Waals surface area (Å²) in [6.45, 7) is 7.61. The molecule has 2 aromatic heterocycles. The number of aromatic nitrogens is 4. The van der Waals surface area contributed by atoms with E-state index >= 15 is 0 Å². The third-order valence-electron chi connectivity index (χ3n) is 8.49. The van der Waals surface area contributed by atoms with Gasteiger partial charge in [-0.05, 0) is 73.6 Å². The van der Waals surface area contributed by atoms with E-state index in [0.29, 0.717) is 6.61 Å². The van der Waals surface area contributed by atoms with E-state index in [9.17, 15) is 9.90 Å². The topological polar surface area (TPSA) is 131 Å². The molecule has 4 aromatic rings. The van der Waals surface area contributed by atoms with E-state index < -0.39 is 11.4 Å². The van der Waals surface area contributed by atoms with Crippen LogP contribution in [0.4, 0.5) is 0 Å². The van der Waals surface area contributed by atoms with Crippen molar-refractivity contribution in [2.24, 2.45) is 12.5 Å². The van der Waals surface area contributed by atoms with Crippen LogP contribution in [0.5, 0.6) is 5.88 Å². The van der Waals surface area contributed by atoms with Gasteiger partial charge in [-0.3, -0.25) is 14.5 Å². The molecular formula is C31H35N5O5. The van der Waals surface area contributed by atoms with E-state index in [2.05, 4.69) is 50.5 Å². The van der Waals surface area contributed by atoms with Gasteiger partial charge < -0.3 is 14.9 Å². The summed E-state index contributed by atoms with van der Waals surface area (Å²) in [5, 5.41) is 25.8. The first-order valence-electron chi connectivity index (χ1n) is 13.7. The Morgan fingerprint density at radius 3 is 2.73 bits per heavy atom. The molecule has 1 aliphatic heterocycles. The van der Waals surface area contributed by atoms with Crippen molar-refractivity contribution in [2.45, 2.75) is 52.1 Å². The molecule has 1 aliphatic carbocycles. The average molecular weight is 558 g/mol. The molecule has 2 unspecified atom stereocenters. The zero-order valence-electron chi connectivity index (χ0n) is 23.7. The molecule has 2 aromatic carbocycles. The summed E-state index contributed by atoms with van der Waals surface area (Å²) < 4.78 is 7.69. The molecule has 10 heteroatoms. The lowest BCUT2D eigenvalue weighted by atomic mass is 9.69. The van der Waals surface area contributed by atoms with Gasteiger partial charge in [0.05, 0.1) is 10.9 Å². The number of pyridine rings is 1. The highest BCUT2D eigenvalue weighted by molar-refractivity contribution is 5.81. The lowest BCUT2D eigenvalue weighted by Crippen LogP contribution is -2.33. The Bertz CT molecular complexity index is 1600. The molecule has 0 saturated heterocycles. The largest absolute Gasteiger partial charge is 0.483 e. The predicted molar refractivity (Wildman–Crippen MR) is 153 cm³/mol. The quantitative estimate of drug-likeness (QED) is 0.341. The SMILES string of the molecule is Cc1c(C(c2ccc3c(c2)C(N2CCOc4ncccc4C2)CC3)C(C)(C)C(=O)O)ccc2c1nnn2C.O=CO. The number of hydrogen-bond donors (Lipinski definition) is 2. The molecule has 0 fully saturated rings. The van der Waals surface area contributed by atoms with Crippen LogP contribution in [-0.2, 0) is 29.6 Å². The standard InChI is InChI=1S/C30H33N5O3.CH2O2/c1-18-22(10-12-25-27(18)32-33-34(25)4)26(30(2,3)29(36)37)20-8-7-19-9-11-24(23(19)16-20)35-14-15-38-28-21(17-35)6-5-13-31-28;2-1-3/h5-8,10,12-13,16,24,26H,9,11,14-15,17H2,1-4H3,(H,36,37);1H,(H,2,3). The van der Waals surface area contributed by atoms with Crippen LogP contribution in [0.25, 0.3) is 11.0 Å². The summed E-state index contributed by atoms with van der Waals surface area (Å²) in [5.74, 6) is -0.456. The Kier molecular flexibility index (Phi) is 7.77. The van der Waals surface area contributed by atoms with Crippen molar-refractivity contribution in [2.75, 3.05) is 13.2 Å². The highest BCUT2D eigenvalue weighted by Crippen LogP contribution is 2.46.